The van der Waals surface area contributed by atoms with Gasteiger partial charge >= 0.3 is 0 Å². The van der Waals surface area contributed by atoms with Crippen molar-refractivity contribution in [2.24, 2.45) is 11.8 Å². The molecule has 2 fully saturated rings. The Kier molecular flexibility index (Phi) is 4.66. The second-order valence-corrected chi connectivity index (χ2v) is 8.38. The summed E-state index contributed by atoms with van der Waals surface area (Å²) < 4.78 is 0. The number of hydrogen-bond donors (Lipinski definition) is 1. The van der Waals surface area contributed by atoms with Crippen molar-refractivity contribution >= 4 is 11.8 Å². The van der Waals surface area contributed by atoms with Gasteiger partial charge in [0.1, 0.15) is 0 Å². The number of carbonyl (C=O) groups excluding carboxylic acids is 2. The van der Waals surface area contributed by atoms with Crippen LogP contribution in [0.15, 0.2) is 24.3 Å². The molecule has 0 radical (unpaired) electrons. The van der Waals surface area contributed by atoms with Crippen LogP contribution in [0.1, 0.15) is 67.2 Å². The zero-order valence-electron chi connectivity index (χ0n) is 15.0. The Morgan fingerprint density at radius 1 is 0.958 bits per heavy atom. The molecule has 0 unspecified atom stereocenters. The summed E-state index contributed by atoms with van der Waals surface area (Å²) in [5.41, 5.74) is 1.01. The predicted octanol–water partition coefficient (Wildman–Crippen LogP) is 3.48. The van der Waals surface area contributed by atoms with Crippen LogP contribution in [0, 0.1) is 11.8 Å². The van der Waals surface area contributed by atoms with E-state index in [9.17, 15) is 9.59 Å². The molecule has 0 bridgehead atoms. The van der Waals surface area contributed by atoms with E-state index in [1.165, 1.54) is 25.7 Å². The van der Waals surface area contributed by atoms with Gasteiger partial charge in [0.05, 0.1) is 0 Å². The Balaban J connectivity index is 1.66. The van der Waals surface area contributed by atoms with Crippen LogP contribution in [0.25, 0.3) is 0 Å². The molecular weight excluding hydrogens is 300 g/mol. The van der Waals surface area contributed by atoms with Gasteiger partial charge in [0.2, 0.25) is 0 Å². The highest BCUT2D eigenvalue weighted by Gasteiger charge is 2.31. The SMILES string of the molecule is CC(C)(C)NC(=O)c1ccc(C(=O)N(CC2CC2)CC2CC2)cc1. The lowest BCUT2D eigenvalue weighted by Crippen LogP contribution is -2.40. The van der Waals surface area contributed by atoms with Crippen molar-refractivity contribution in [1.82, 2.24) is 10.2 Å². The fraction of sp³-hybridized carbons (Fsp3) is 0.600. The van der Waals surface area contributed by atoms with Gasteiger partial charge in [0, 0.05) is 29.8 Å². The van der Waals surface area contributed by atoms with Crippen molar-refractivity contribution in [3.05, 3.63) is 35.4 Å². The maximum absolute atomic E-state index is 12.8. The standard InChI is InChI=1S/C20H28N2O2/c1-20(2,3)21-18(23)16-8-10-17(11-9-16)19(24)22(12-14-4-5-14)13-15-6-7-15/h8-11,14-15H,4-7,12-13H2,1-3H3,(H,21,23). The summed E-state index contributed by atoms with van der Waals surface area (Å²) in [6.07, 6.45) is 5.00. The van der Waals surface area contributed by atoms with Gasteiger partial charge in [-0.25, -0.2) is 0 Å². The molecule has 0 spiro atoms. The molecule has 2 aliphatic rings. The molecule has 130 valence electrons. The van der Waals surface area contributed by atoms with Gasteiger partial charge < -0.3 is 10.2 Å². The average Bonchev–Trinajstić information content (AvgIpc) is 3.40. The smallest absolute Gasteiger partial charge is 0.253 e. The molecule has 0 saturated heterocycles. The minimum atomic E-state index is -0.267. The fourth-order valence-corrected chi connectivity index (χ4v) is 2.82. The predicted molar refractivity (Wildman–Crippen MR) is 95.0 cm³/mol. The molecule has 4 nitrogen and oxygen atoms in total. The van der Waals surface area contributed by atoms with Gasteiger partial charge in [-0.15, -0.1) is 0 Å². The largest absolute Gasteiger partial charge is 0.347 e. The maximum Gasteiger partial charge on any atom is 0.253 e. The first-order chi connectivity index (χ1) is 11.3. The van der Waals surface area contributed by atoms with E-state index in [1.54, 1.807) is 24.3 Å². The first kappa shape index (κ1) is 17.0. The number of benzene rings is 1. The summed E-state index contributed by atoms with van der Waals surface area (Å²) in [6.45, 7) is 7.65. The highest BCUT2D eigenvalue weighted by Crippen LogP contribution is 2.34. The normalized spacial score (nSPS) is 17.5. The molecule has 0 aromatic heterocycles. The van der Waals surface area contributed by atoms with E-state index in [0.29, 0.717) is 23.0 Å². The van der Waals surface area contributed by atoms with Gasteiger partial charge in [-0.3, -0.25) is 9.59 Å². The zero-order chi connectivity index (χ0) is 17.3. The van der Waals surface area contributed by atoms with Gasteiger partial charge in [0.15, 0.2) is 0 Å². The van der Waals surface area contributed by atoms with Crippen LogP contribution in [-0.4, -0.2) is 35.3 Å². The molecule has 2 saturated carbocycles. The third-order valence-electron chi connectivity index (χ3n) is 4.52. The number of nitrogens with zero attached hydrogens (tertiary/aromatic N) is 1. The Labute approximate surface area is 144 Å². The monoisotopic (exact) mass is 328 g/mol. The number of amides is 2. The summed E-state index contributed by atoms with van der Waals surface area (Å²) in [7, 11) is 0. The molecule has 0 heterocycles. The average molecular weight is 328 g/mol. The van der Waals surface area contributed by atoms with Crippen molar-refractivity contribution in [2.75, 3.05) is 13.1 Å². The number of nitrogens with one attached hydrogen (secondary N) is 1. The lowest BCUT2D eigenvalue weighted by molar-refractivity contribution is 0.0739. The molecule has 1 aromatic rings. The fourth-order valence-electron chi connectivity index (χ4n) is 2.82. The highest BCUT2D eigenvalue weighted by atomic mass is 16.2. The van der Waals surface area contributed by atoms with Crippen molar-refractivity contribution in [3.8, 4) is 0 Å². The lowest BCUT2D eigenvalue weighted by atomic mass is 10.1. The lowest BCUT2D eigenvalue weighted by Gasteiger charge is -2.23. The summed E-state index contributed by atoms with van der Waals surface area (Å²) in [4.78, 5) is 27.0. The second kappa shape index (κ2) is 6.58. The van der Waals surface area contributed by atoms with Crippen molar-refractivity contribution < 1.29 is 9.59 Å². The molecule has 4 heteroatoms. The highest BCUT2D eigenvalue weighted by molar-refractivity contribution is 5.98. The van der Waals surface area contributed by atoms with E-state index in [4.69, 9.17) is 0 Å². The Morgan fingerprint density at radius 2 is 1.42 bits per heavy atom. The molecule has 1 N–H and O–H groups in total. The van der Waals surface area contributed by atoms with E-state index in [1.807, 2.05) is 25.7 Å². The zero-order valence-corrected chi connectivity index (χ0v) is 15.0. The first-order valence-corrected chi connectivity index (χ1v) is 9.04. The molecule has 1 aromatic carbocycles. The van der Waals surface area contributed by atoms with E-state index in [0.717, 1.165) is 13.1 Å². The van der Waals surface area contributed by atoms with E-state index >= 15 is 0 Å². The summed E-state index contributed by atoms with van der Waals surface area (Å²) >= 11 is 0. The van der Waals surface area contributed by atoms with E-state index in [-0.39, 0.29) is 17.4 Å². The van der Waals surface area contributed by atoms with Crippen LogP contribution in [-0.2, 0) is 0 Å². The first-order valence-electron chi connectivity index (χ1n) is 9.04. The van der Waals surface area contributed by atoms with Crippen LogP contribution in [0.3, 0.4) is 0 Å². The number of carbonyl (C=O) groups is 2. The van der Waals surface area contributed by atoms with Crippen LogP contribution in [0.5, 0.6) is 0 Å². The maximum atomic E-state index is 12.8. The summed E-state index contributed by atoms with van der Waals surface area (Å²) in [5.74, 6) is 1.40. The summed E-state index contributed by atoms with van der Waals surface area (Å²) in [6, 6.07) is 7.07. The van der Waals surface area contributed by atoms with Gasteiger partial charge in [-0.2, -0.15) is 0 Å². The molecule has 2 amide bonds. The van der Waals surface area contributed by atoms with Crippen molar-refractivity contribution in [2.45, 2.75) is 52.0 Å². The van der Waals surface area contributed by atoms with Crippen LogP contribution < -0.4 is 5.32 Å². The van der Waals surface area contributed by atoms with Gasteiger partial charge in [-0.05, 0) is 82.6 Å². The van der Waals surface area contributed by atoms with E-state index in [2.05, 4.69) is 5.32 Å². The quantitative estimate of drug-likeness (QED) is 0.869. The molecular formula is C20H28N2O2. The third-order valence-corrected chi connectivity index (χ3v) is 4.52. The van der Waals surface area contributed by atoms with Crippen LogP contribution in [0.4, 0.5) is 0 Å². The molecule has 0 atom stereocenters. The molecule has 2 aliphatic carbocycles. The van der Waals surface area contributed by atoms with E-state index < -0.39 is 0 Å². The number of hydrogen-bond acceptors (Lipinski definition) is 2. The Morgan fingerprint density at radius 3 is 1.83 bits per heavy atom. The van der Waals surface area contributed by atoms with Crippen LogP contribution in [0.2, 0.25) is 0 Å². The van der Waals surface area contributed by atoms with Gasteiger partial charge in [-0.1, -0.05) is 0 Å². The molecule has 24 heavy (non-hydrogen) atoms. The van der Waals surface area contributed by atoms with Crippen molar-refractivity contribution in [3.63, 3.8) is 0 Å². The third kappa shape index (κ3) is 4.83. The molecule has 3 rings (SSSR count). The van der Waals surface area contributed by atoms with Crippen molar-refractivity contribution in [1.29, 1.82) is 0 Å². The Bertz CT molecular complexity index is 594. The summed E-state index contributed by atoms with van der Waals surface area (Å²) in [5, 5.41) is 2.94. The Hall–Kier alpha value is -1.84. The minimum Gasteiger partial charge on any atom is -0.347 e. The topological polar surface area (TPSA) is 49.4 Å². The number of rotatable bonds is 6. The van der Waals surface area contributed by atoms with Crippen LogP contribution >= 0.6 is 0 Å². The molecule has 0 aliphatic heterocycles. The minimum absolute atomic E-state index is 0.102. The second-order valence-electron chi connectivity index (χ2n) is 8.38. The van der Waals surface area contributed by atoms with Gasteiger partial charge in [0.25, 0.3) is 11.8 Å².